The molecule has 0 fully saturated rings. The van der Waals surface area contributed by atoms with Crippen LogP contribution in [-0.4, -0.2) is 34.9 Å². The molecule has 1 aliphatic rings. The molecule has 3 N–H and O–H groups in total. The molecular weight excluding hydrogens is 274 g/mol. The van der Waals surface area contributed by atoms with E-state index in [9.17, 15) is 4.79 Å². The molecule has 5 nitrogen and oxygen atoms in total. The number of hydrogen-bond acceptors (Lipinski definition) is 4. The monoisotopic (exact) mass is 295 g/mol. The van der Waals surface area contributed by atoms with Crippen LogP contribution in [0.3, 0.4) is 0 Å². The van der Waals surface area contributed by atoms with Gasteiger partial charge in [0.25, 0.3) is 5.91 Å². The Hall–Kier alpha value is -1.56. The zero-order chi connectivity index (χ0) is 14.5. The predicted molar refractivity (Wildman–Crippen MR) is 80.6 cm³/mol. The number of nitrogens with two attached hydrogens (primary N) is 1. The minimum Gasteiger partial charge on any atom is -0.409 e. The summed E-state index contributed by atoms with van der Waals surface area (Å²) < 4.78 is 0. The summed E-state index contributed by atoms with van der Waals surface area (Å²) in [5, 5.41) is 11.6. The number of amides is 1. The highest BCUT2D eigenvalue weighted by Gasteiger charge is 2.21. The molecule has 6 heteroatoms. The summed E-state index contributed by atoms with van der Waals surface area (Å²) in [7, 11) is 0. The first kappa shape index (κ1) is 14.8. The summed E-state index contributed by atoms with van der Waals surface area (Å²) in [4.78, 5) is 16.3. The van der Waals surface area contributed by atoms with E-state index in [1.54, 1.807) is 16.2 Å². The number of thiophene rings is 1. The van der Waals surface area contributed by atoms with Gasteiger partial charge in [0.15, 0.2) is 5.84 Å². The summed E-state index contributed by atoms with van der Waals surface area (Å²) in [6, 6.07) is 2.02. The number of hydrogen-bond donors (Lipinski definition) is 2. The summed E-state index contributed by atoms with van der Waals surface area (Å²) in [6.45, 7) is 2.79. The molecule has 0 saturated heterocycles. The van der Waals surface area contributed by atoms with E-state index in [4.69, 9.17) is 10.9 Å². The van der Waals surface area contributed by atoms with Crippen molar-refractivity contribution in [2.45, 2.75) is 39.0 Å². The molecule has 0 atom stereocenters. The molecule has 1 aromatic heterocycles. The van der Waals surface area contributed by atoms with Gasteiger partial charge in [-0.15, -0.1) is 11.3 Å². The quantitative estimate of drug-likeness (QED) is 0.378. The van der Waals surface area contributed by atoms with Crippen molar-refractivity contribution in [3.63, 3.8) is 0 Å². The van der Waals surface area contributed by atoms with E-state index >= 15 is 0 Å². The van der Waals surface area contributed by atoms with Gasteiger partial charge in [-0.1, -0.05) is 12.1 Å². The summed E-state index contributed by atoms with van der Waals surface area (Å²) >= 11 is 1.60. The van der Waals surface area contributed by atoms with Crippen LogP contribution in [0.2, 0.25) is 0 Å². The third-order valence-electron chi connectivity index (χ3n) is 3.47. The van der Waals surface area contributed by atoms with Crippen molar-refractivity contribution in [3.05, 3.63) is 21.4 Å². The lowest BCUT2D eigenvalue weighted by molar-refractivity contribution is 0.0783. The summed E-state index contributed by atoms with van der Waals surface area (Å²) in [5.41, 5.74) is 6.85. The Bertz CT molecular complexity index is 487. The van der Waals surface area contributed by atoms with E-state index in [-0.39, 0.29) is 18.3 Å². The lowest BCUT2D eigenvalue weighted by Gasteiger charge is -2.20. The number of carbonyl (C=O) groups excluding carboxylic acids is 1. The van der Waals surface area contributed by atoms with Crippen molar-refractivity contribution in [1.29, 1.82) is 0 Å². The fourth-order valence-corrected chi connectivity index (χ4v) is 3.72. The maximum atomic E-state index is 12.5. The van der Waals surface area contributed by atoms with Gasteiger partial charge in [-0.3, -0.25) is 4.79 Å². The number of rotatable bonds is 5. The molecule has 1 aromatic rings. The number of fused-ring (bicyclic) bond motifs is 1. The Labute approximate surface area is 123 Å². The Morgan fingerprint density at radius 3 is 2.90 bits per heavy atom. The van der Waals surface area contributed by atoms with Crippen molar-refractivity contribution in [2.24, 2.45) is 10.9 Å². The minimum atomic E-state index is -0.0159. The van der Waals surface area contributed by atoms with Crippen LogP contribution in [0.4, 0.5) is 0 Å². The SMILES string of the molecule is CCCN(CC(N)=NO)C(=O)c1cc2c(s1)CCCC2. The molecule has 0 saturated carbocycles. The van der Waals surface area contributed by atoms with Crippen LogP contribution in [-0.2, 0) is 12.8 Å². The number of nitrogens with zero attached hydrogens (tertiary/aromatic N) is 2. The second-order valence-electron chi connectivity index (χ2n) is 5.08. The molecule has 1 heterocycles. The van der Waals surface area contributed by atoms with E-state index < -0.39 is 0 Å². The summed E-state index contributed by atoms with van der Waals surface area (Å²) in [6.07, 6.45) is 5.42. The average Bonchev–Trinajstić information content (AvgIpc) is 2.89. The number of aryl methyl sites for hydroxylation is 2. The minimum absolute atomic E-state index is 0.0159. The highest BCUT2D eigenvalue weighted by atomic mass is 32.1. The molecule has 1 aliphatic carbocycles. The molecule has 0 bridgehead atoms. The molecule has 20 heavy (non-hydrogen) atoms. The Kier molecular flexibility index (Phi) is 5.00. The number of amidine groups is 1. The van der Waals surface area contributed by atoms with Gasteiger partial charge in [0.2, 0.25) is 0 Å². The Balaban J connectivity index is 2.16. The first-order valence-corrected chi connectivity index (χ1v) is 7.84. The lowest BCUT2D eigenvalue weighted by atomic mass is 9.99. The van der Waals surface area contributed by atoms with E-state index in [0.29, 0.717) is 6.54 Å². The van der Waals surface area contributed by atoms with Crippen molar-refractivity contribution in [3.8, 4) is 0 Å². The molecule has 2 rings (SSSR count). The van der Waals surface area contributed by atoms with Crippen molar-refractivity contribution < 1.29 is 10.0 Å². The fraction of sp³-hybridized carbons (Fsp3) is 0.571. The van der Waals surface area contributed by atoms with Crippen LogP contribution >= 0.6 is 11.3 Å². The third-order valence-corrected chi connectivity index (χ3v) is 4.69. The Morgan fingerprint density at radius 1 is 1.50 bits per heavy atom. The van der Waals surface area contributed by atoms with E-state index in [0.717, 1.165) is 24.1 Å². The Morgan fingerprint density at radius 2 is 2.25 bits per heavy atom. The zero-order valence-electron chi connectivity index (χ0n) is 11.8. The highest BCUT2D eigenvalue weighted by molar-refractivity contribution is 7.14. The molecule has 0 radical (unpaired) electrons. The molecule has 1 amide bonds. The fourth-order valence-electron chi connectivity index (χ4n) is 2.50. The molecule has 0 unspecified atom stereocenters. The van der Waals surface area contributed by atoms with Crippen LogP contribution in [0.25, 0.3) is 0 Å². The maximum Gasteiger partial charge on any atom is 0.264 e. The molecule has 0 aromatic carbocycles. The van der Waals surface area contributed by atoms with Gasteiger partial charge >= 0.3 is 0 Å². The molecular formula is C14H21N3O2S. The second kappa shape index (κ2) is 6.74. The third kappa shape index (κ3) is 3.30. The first-order valence-electron chi connectivity index (χ1n) is 7.03. The normalized spacial score (nSPS) is 14.9. The molecule has 0 aliphatic heterocycles. The smallest absolute Gasteiger partial charge is 0.264 e. The highest BCUT2D eigenvalue weighted by Crippen LogP contribution is 2.30. The largest absolute Gasteiger partial charge is 0.409 e. The predicted octanol–water partition coefficient (Wildman–Crippen LogP) is 2.23. The number of carbonyl (C=O) groups is 1. The van der Waals surface area contributed by atoms with Crippen molar-refractivity contribution >= 4 is 23.1 Å². The maximum absolute atomic E-state index is 12.5. The average molecular weight is 295 g/mol. The van der Waals surface area contributed by atoms with Gasteiger partial charge in [0, 0.05) is 11.4 Å². The number of oxime groups is 1. The van der Waals surface area contributed by atoms with Crippen molar-refractivity contribution in [2.75, 3.05) is 13.1 Å². The summed E-state index contributed by atoms with van der Waals surface area (Å²) in [5.74, 6) is 0.0472. The van der Waals surface area contributed by atoms with E-state index in [1.807, 2.05) is 13.0 Å². The van der Waals surface area contributed by atoms with Gasteiger partial charge < -0.3 is 15.8 Å². The van der Waals surface area contributed by atoms with Gasteiger partial charge in [-0.25, -0.2) is 0 Å². The van der Waals surface area contributed by atoms with Crippen LogP contribution < -0.4 is 5.73 Å². The standard InChI is InChI=1S/C14H21N3O2S/c1-2-7-17(9-13(15)16-19)14(18)12-8-10-5-3-4-6-11(10)20-12/h8,19H,2-7,9H2,1H3,(H2,15,16). The van der Waals surface area contributed by atoms with E-state index in [1.165, 1.54) is 23.3 Å². The van der Waals surface area contributed by atoms with Crippen LogP contribution in [0.15, 0.2) is 11.2 Å². The topological polar surface area (TPSA) is 78.9 Å². The van der Waals surface area contributed by atoms with Crippen molar-refractivity contribution in [1.82, 2.24) is 4.90 Å². The van der Waals surface area contributed by atoms with Gasteiger partial charge in [0.1, 0.15) is 0 Å². The van der Waals surface area contributed by atoms with E-state index in [2.05, 4.69) is 5.16 Å². The van der Waals surface area contributed by atoms with Gasteiger partial charge in [-0.2, -0.15) is 0 Å². The van der Waals surface area contributed by atoms with Crippen LogP contribution in [0, 0.1) is 0 Å². The molecule has 110 valence electrons. The zero-order valence-corrected chi connectivity index (χ0v) is 12.6. The second-order valence-corrected chi connectivity index (χ2v) is 6.22. The van der Waals surface area contributed by atoms with Gasteiger partial charge in [-0.05, 0) is 43.7 Å². The molecule has 0 spiro atoms. The first-order chi connectivity index (χ1) is 9.65. The van der Waals surface area contributed by atoms with Crippen LogP contribution in [0.5, 0.6) is 0 Å². The van der Waals surface area contributed by atoms with Gasteiger partial charge in [0.05, 0.1) is 11.4 Å². The lowest BCUT2D eigenvalue weighted by Crippen LogP contribution is -2.38. The van der Waals surface area contributed by atoms with Crippen LogP contribution in [0.1, 0.15) is 46.3 Å².